The number of rotatable bonds is 18. The topological polar surface area (TPSA) is 87.0 Å². The van der Waals surface area contributed by atoms with Gasteiger partial charge in [0.25, 0.3) is 0 Å². The van der Waals surface area contributed by atoms with Crippen LogP contribution in [-0.4, -0.2) is 40.0 Å². The molecule has 45 heavy (non-hydrogen) atoms. The van der Waals surface area contributed by atoms with Gasteiger partial charge in [-0.25, -0.2) is 0 Å². The van der Waals surface area contributed by atoms with Crippen LogP contribution < -0.4 is 4.74 Å². The maximum absolute atomic E-state index is 13.1. The van der Waals surface area contributed by atoms with Gasteiger partial charge in [-0.15, -0.1) is 0 Å². The maximum Gasteiger partial charge on any atom is 0.453 e. The number of carbonyl (C=O) groups is 1. The second kappa shape index (κ2) is 15.5. The molecule has 0 saturated heterocycles. The molecule has 3 atom stereocenters. The number of unbranched alkanes of at least 4 members (excludes halogenated alkanes) is 7. The highest BCUT2D eigenvalue weighted by molar-refractivity contribution is 5.74. The Morgan fingerprint density at radius 1 is 0.822 bits per heavy atom. The average Bonchev–Trinajstić information content (AvgIpc) is 2.97. The minimum absolute atomic E-state index is 0.130. The van der Waals surface area contributed by atoms with E-state index in [1.165, 1.54) is 0 Å². The van der Waals surface area contributed by atoms with Gasteiger partial charge in [0.15, 0.2) is 0 Å². The minimum atomic E-state index is -5.56. The fraction of sp³-hybridized carbons (Fsp3) is 0.629. The molecule has 0 amide bonds. The molecule has 2 aromatic rings. The SMILES string of the molecule is CCC(CCCCCCCC[C@@H]1c2ccc(O)cc2OC[C@]1(C)c1ccc(O)cc1)(CCCCCC(F)(F)C(F)(F)F)C(=O)O. The normalized spacial score (nSPS) is 19.8. The number of alkyl halides is 5. The van der Waals surface area contributed by atoms with Gasteiger partial charge < -0.3 is 20.1 Å². The Kier molecular flexibility index (Phi) is 12.5. The van der Waals surface area contributed by atoms with Gasteiger partial charge in [0.1, 0.15) is 17.2 Å². The second-order valence-electron chi connectivity index (χ2n) is 12.9. The smallest absolute Gasteiger partial charge is 0.453 e. The Balaban J connectivity index is 1.46. The van der Waals surface area contributed by atoms with E-state index in [2.05, 4.69) is 6.92 Å². The highest BCUT2D eigenvalue weighted by Gasteiger charge is 2.56. The summed E-state index contributed by atoms with van der Waals surface area (Å²) < 4.78 is 69.5. The van der Waals surface area contributed by atoms with Crippen LogP contribution in [0.5, 0.6) is 17.2 Å². The first kappa shape index (κ1) is 36.4. The van der Waals surface area contributed by atoms with Crippen molar-refractivity contribution in [3.63, 3.8) is 0 Å². The van der Waals surface area contributed by atoms with Crippen LogP contribution in [0.1, 0.15) is 121 Å². The molecule has 0 bridgehead atoms. The summed E-state index contributed by atoms with van der Waals surface area (Å²) in [5.41, 5.74) is 0.808. The van der Waals surface area contributed by atoms with Crippen LogP contribution in [0.25, 0.3) is 0 Å². The average molecular weight is 643 g/mol. The molecule has 3 rings (SSSR count). The number of ether oxygens (including phenoxy) is 1. The van der Waals surface area contributed by atoms with Crippen LogP contribution >= 0.6 is 0 Å². The number of carboxylic acids is 1. The van der Waals surface area contributed by atoms with E-state index in [1.54, 1.807) is 31.2 Å². The van der Waals surface area contributed by atoms with Crippen molar-refractivity contribution in [2.45, 2.75) is 127 Å². The van der Waals surface area contributed by atoms with E-state index >= 15 is 0 Å². The third-order valence-corrected chi connectivity index (χ3v) is 9.79. The highest BCUT2D eigenvalue weighted by Crippen LogP contribution is 2.50. The summed E-state index contributed by atoms with van der Waals surface area (Å²) >= 11 is 0. The highest BCUT2D eigenvalue weighted by atomic mass is 19.4. The van der Waals surface area contributed by atoms with Gasteiger partial charge in [0.2, 0.25) is 0 Å². The molecule has 3 N–H and O–H groups in total. The van der Waals surface area contributed by atoms with Crippen LogP contribution in [0, 0.1) is 5.41 Å². The molecule has 1 unspecified atom stereocenters. The molecule has 1 heterocycles. The maximum atomic E-state index is 13.1. The Morgan fingerprint density at radius 2 is 1.36 bits per heavy atom. The van der Waals surface area contributed by atoms with Gasteiger partial charge in [-0.1, -0.05) is 83.4 Å². The standard InChI is InChI=1S/C35H47F5O5/c1-3-33(31(43)44,21-11-8-12-22-34(36,37)35(38,39)40)20-10-7-5-4-6-9-13-29-28-19-18-27(42)23-30(28)45-24-32(29,2)25-14-16-26(41)17-15-25/h14-19,23,29,41-42H,3-13,20-22,24H2,1-2H3,(H,43,44)/t29-,32-,33?/m1/s1. The van der Waals surface area contributed by atoms with Gasteiger partial charge in [0, 0.05) is 23.8 Å². The van der Waals surface area contributed by atoms with Crippen LogP contribution in [0.15, 0.2) is 42.5 Å². The van der Waals surface area contributed by atoms with Crippen molar-refractivity contribution in [3.05, 3.63) is 53.6 Å². The van der Waals surface area contributed by atoms with E-state index in [4.69, 9.17) is 4.74 Å². The summed E-state index contributed by atoms with van der Waals surface area (Å²) in [6.07, 6.45) is 0.766. The van der Waals surface area contributed by atoms with E-state index in [-0.39, 0.29) is 42.1 Å². The van der Waals surface area contributed by atoms with Crippen LogP contribution in [-0.2, 0) is 10.2 Å². The second-order valence-corrected chi connectivity index (χ2v) is 12.9. The zero-order valence-corrected chi connectivity index (χ0v) is 26.3. The number of hydrogen-bond acceptors (Lipinski definition) is 4. The number of hydrogen-bond donors (Lipinski definition) is 3. The molecular formula is C35H47F5O5. The van der Waals surface area contributed by atoms with Crippen molar-refractivity contribution >= 4 is 5.97 Å². The first-order chi connectivity index (χ1) is 21.1. The Labute approximate surface area is 262 Å². The minimum Gasteiger partial charge on any atom is -0.508 e. The van der Waals surface area contributed by atoms with Crippen molar-refractivity contribution in [1.29, 1.82) is 0 Å². The summed E-state index contributed by atoms with van der Waals surface area (Å²) in [5.74, 6) is -4.46. The quantitative estimate of drug-likeness (QED) is 0.111. The molecule has 10 heteroatoms. The summed E-state index contributed by atoms with van der Waals surface area (Å²) in [6.45, 7) is 4.40. The predicted molar refractivity (Wildman–Crippen MR) is 163 cm³/mol. The van der Waals surface area contributed by atoms with E-state index in [9.17, 15) is 42.1 Å². The fourth-order valence-corrected chi connectivity index (χ4v) is 6.70. The molecule has 0 saturated carbocycles. The fourth-order valence-electron chi connectivity index (χ4n) is 6.70. The van der Waals surface area contributed by atoms with Gasteiger partial charge in [-0.05, 0) is 61.4 Å². The number of phenolic OH excluding ortho intramolecular Hbond substituents is 2. The molecule has 0 radical (unpaired) electrons. The largest absolute Gasteiger partial charge is 0.508 e. The monoisotopic (exact) mass is 642 g/mol. The van der Waals surface area contributed by atoms with Crippen LogP contribution in [0.2, 0.25) is 0 Å². The number of benzene rings is 2. The molecule has 0 spiro atoms. The van der Waals surface area contributed by atoms with Crippen molar-refractivity contribution in [2.24, 2.45) is 5.41 Å². The summed E-state index contributed by atoms with van der Waals surface area (Å²) in [7, 11) is 0. The van der Waals surface area contributed by atoms with Crippen molar-refractivity contribution < 1.29 is 46.8 Å². The van der Waals surface area contributed by atoms with E-state index in [1.807, 2.05) is 18.2 Å². The molecular weight excluding hydrogens is 595 g/mol. The summed E-state index contributed by atoms with van der Waals surface area (Å²) in [6, 6.07) is 12.5. The van der Waals surface area contributed by atoms with Gasteiger partial charge in [-0.2, -0.15) is 22.0 Å². The lowest BCUT2D eigenvalue weighted by Crippen LogP contribution is -2.40. The molecule has 0 aliphatic carbocycles. The van der Waals surface area contributed by atoms with Crippen LogP contribution in [0.4, 0.5) is 22.0 Å². The van der Waals surface area contributed by atoms with Gasteiger partial charge in [0.05, 0.1) is 12.0 Å². The first-order valence-corrected chi connectivity index (χ1v) is 16.1. The molecule has 0 fully saturated rings. The van der Waals surface area contributed by atoms with Crippen molar-refractivity contribution in [1.82, 2.24) is 0 Å². The zero-order valence-electron chi connectivity index (χ0n) is 26.3. The van der Waals surface area contributed by atoms with Crippen molar-refractivity contribution in [3.8, 4) is 17.2 Å². The van der Waals surface area contributed by atoms with Crippen molar-refractivity contribution in [2.75, 3.05) is 6.61 Å². The first-order valence-electron chi connectivity index (χ1n) is 16.1. The third kappa shape index (κ3) is 9.26. The number of fused-ring (bicyclic) bond motifs is 1. The predicted octanol–water partition coefficient (Wildman–Crippen LogP) is 10.3. The summed E-state index contributed by atoms with van der Waals surface area (Å²) in [4.78, 5) is 12.1. The van der Waals surface area contributed by atoms with Gasteiger partial charge >= 0.3 is 18.1 Å². The number of halogens is 5. The third-order valence-electron chi connectivity index (χ3n) is 9.79. The molecule has 5 nitrogen and oxygen atoms in total. The Morgan fingerprint density at radius 3 is 1.93 bits per heavy atom. The Hall–Kier alpha value is -3.04. The molecule has 1 aliphatic rings. The molecule has 252 valence electrons. The van der Waals surface area contributed by atoms with Gasteiger partial charge in [-0.3, -0.25) is 4.79 Å². The zero-order chi connectivity index (χ0) is 33.3. The van der Waals surface area contributed by atoms with Crippen LogP contribution in [0.3, 0.4) is 0 Å². The van der Waals surface area contributed by atoms with E-state index in [0.717, 1.165) is 49.7 Å². The molecule has 0 aromatic heterocycles. The molecule has 2 aromatic carbocycles. The number of aliphatic carboxylic acids is 1. The number of carboxylic acid groups (broad SMARTS) is 1. The summed E-state index contributed by atoms with van der Waals surface area (Å²) in [5, 5.41) is 29.7. The number of aromatic hydroxyl groups is 2. The van der Waals surface area contributed by atoms with E-state index in [0.29, 0.717) is 38.0 Å². The lowest BCUT2D eigenvalue weighted by molar-refractivity contribution is -0.284. The Bertz CT molecular complexity index is 1230. The number of phenols is 2. The van der Waals surface area contributed by atoms with E-state index < -0.39 is 29.9 Å². The molecule has 1 aliphatic heterocycles. The lowest BCUT2D eigenvalue weighted by atomic mass is 9.66. The lowest BCUT2D eigenvalue weighted by Gasteiger charge is -2.43.